The predicted molar refractivity (Wildman–Crippen MR) is 111 cm³/mol. The molecule has 0 radical (unpaired) electrons. The molecule has 166 valence electrons. The number of rotatable bonds is 8. The molecular formula is C22H18F3N3O3S. The monoisotopic (exact) mass is 461 g/mol. The molecule has 0 aliphatic heterocycles. The summed E-state index contributed by atoms with van der Waals surface area (Å²) in [5.74, 6) is -0.251. The topological polar surface area (TPSA) is 75.5 Å². The first-order chi connectivity index (χ1) is 15.3. The minimum absolute atomic E-state index is 0.0285. The van der Waals surface area contributed by atoms with E-state index in [1.165, 1.54) is 60.9 Å². The van der Waals surface area contributed by atoms with Crippen molar-refractivity contribution in [1.82, 2.24) is 9.88 Å². The first-order valence-corrected chi connectivity index (χ1v) is 10.3. The SMILES string of the molecule is COc1cc(C(=O)N(Cc2ccc(C#N)cc2)CC(F)(F)F)ccc1OCc1cscn1. The lowest BCUT2D eigenvalue weighted by atomic mass is 10.1. The van der Waals surface area contributed by atoms with Crippen molar-refractivity contribution in [2.45, 2.75) is 19.3 Å². The van der Waals surface area contributed by atoms with Gasteiger partial charge in [-0.15, -0.1) is 11.3 Å². The summed E-state index contributed by atoms with van der Waals surface area (Å²) < 4.78 is 50.4. The Kier molecular flexibility index (Phi) is 7.33. The van der Waals surface area contributed by atoms with Crippen molar-refractivity contribution in [3.05, 3.63) is 75.7 Å². The summed E-state index contributed by atoms with van der Waals surface area (Å²) in [5.41, 5.74) is 3.26. The van der Waals surface area contributed by atoms with Gasteiger partial charge < -0.3 is 14.4 Å². The number of hydrogen-bond donors (Lipinski definition) is 0. The van der Waals surface area contributed by atoms with Crippen molar-refractivity contribution in [3.63, 3.8) is 0 Å². The average molecular weight is 461 g/mol. The Balaban J connectivity index is 1.81. The van der Waals surface area contributed by atoms with E-state index in [4.69, 9.17) is 14.7 Å². The van der Waals surface area contributed by atoms with Crippen LogP contribution in [0, 0.1) is 11.3 Å². The van der Waals surface area contributed by atoms with Crippen molar-refractivity contribution < 1.29 is 27.4 Å². The van der Waals surface area contributed by atoms with E-state index in [2.05, 4.69) is 4.98 Å². The molecular weight excluding hydrogens is 443 g/mol. The van der Waals surface area contributed by atoms with Crippen LogP contribution in [0.4, 0.5) is 13.2 Å². The van der Waals surface area contributed by atoms with Crippen LogP contribution in [0.2, 0.25) is 0 Å². The molecule has 0 fully saturated rings. The Hall–Kier alpha value is -3.58. The van der Waals surface area contributed by atoms with Gasteiger partial charge in [0, 0.05) is 17.5 Å². The molecule has 1 aromatic heterocycles. The first-order valence-electron chi connectivity index (χ1n) is 9.32. The van der Waals surface area contributed by atoms with Gasteiger partial charge in [-0.05, 0) is 35.9 Å². The van der Waals surface area contributed by atoms with Crippen LogP contribution < -0.4 is 9.47 Å². The highest BCUT2D eigenvalue weighted by atomic mass is 32.1. The van der Waals surface area contributed by atoms with Crippen LogP contribution in [0.3, 0.4) is 0 Å². The number of nitrogens with zero attached hydrogens (tertiary/aromatic N) is 3. The van der Waals surface area contributed by atoms with Gasteiger partial charge in [0.15, 0.2) is 11.5 Å². The Morgan fingerprint density at radius 1 is 1.19 bits per heavy atom. The molecule has 0 spiro atoms. The number of hydrogen-bond acceptors (Lipinski definition) is 6. The van der Waals surface area contributed by atoms with Gasteiger partial charge >= 0.3 is 6.18 Å². The van der Waals surface area contributed by atoms with E-state index in [0.717, 1.165) is 5.69 Å². The zero-order chi connectivity index (χ0) is 23.1. The van der Waals surface area contributed by atoms with Crippen LogP contribution in [0.1, 0.15) is 27.2 Å². The number of carbonyl (C=O) groups is 1. The third-order valence-corrected chi connectivity index (χ3v) is 5.02. The molecule has 0 atom stereocenters. The molecule has 1 amide bonds. The molecule has 3 aromatic rings. The van der Waals surface area contributed by atoms with E-state index < -0.39 is 18.6 Å². The van der Waals surface area contributed by atoms with Gasteiger partial charge in [-0.1, -0.05) is 12.1 Å². The summed E-state index contributed by atoms with van der Waals surface area (Å²) >= 11 is 1.42. The molecule has 0 aliphatic carbocycles. The maximum atomic E-state index is 13.2. The second-order valence-electron chi connectivity index (χ2n) is 6.72. The van der Waals surface area contributed by atoms with Crippen LogP contribution in [-0.4, -0.2) is 35.6 Å². The number of halogens is 3. The van der Waals surface area contributed by atoms with Crippen LogP contribution in [0.25, 0.3) is 0 Å². The van der Waals surface area contributed by atoms with Crippen molar-refractivity contribution in [1.29, 1.82) is 5.26 Å². The normalized spacial score (nSPS) is 11.0. The quantitative estimate of drug-likeness (QED) is 0.481. The number of amides is 1. The third-order valence-electron chi connectivity index (χ3n) is 4.38. The predicted octanol–water partition coefficient (Wildman–Crippen LogP) is 4.81. The third kappa shape index (κ3) is 6.21. The second-order valence-corrected chi connectivity index (χ2v) is 7.44. The van der Waals surface area contributed by atoms with Gasteiger partial charge in [-0.3, -0.25) is 4.79 Å². The highest BCUT2D eigenvalue weighted by Crippen LogP contribution is 2.30. The number of carbonyl (C=O) groups excluding carboxylic acids is 1. The van der Waals surface area contributed by atoms with Crippen LogP contribution in [0.5, 0.6) is 11.5 Å². The zero-order valence-electron chi connectivity index (χ0n) is 16.9. The molecule has 32 heavy (non-hydrogen) atoms. The molecule has 0 aliphatic rings. The van der Waals surface area contributed by atoms with Gasteiger partial charge in [0.05, 0.1) is 29.9 Å². The minimum Gasteiger partial charge on any atom is -0.493 e. The number of benzene rings is 2. The lowest BCUT2D eigenvalue weighted by Gasteiger charge is -2.24. The summed E-state index contributed by atoms with van der Waals surface area (Å²) in [7, 11) is 1.38. The Morgan fingerprint density at radius 2 is 1.94 bits per heavy atom. The molecule has 0 unspecified atom stereocenters. The van der Waals surface area contributed by atoms with E-state index >= 15 is 0 Å². The van der Waals surface area contributed by atoms with E-state index in [0.29, 0.717) is 21.8 Å². The summed E-state index contributed by atoms with van der Waals surface area (Å²) in [6.07, 6.45) is -4.58. The molecule has 0 saturated heterocycles. The van der Waals surface area contributed by atoms with Gasteiger partial charge in [-0.2, -0.15) is 18.4 Å². The summed E-state index contributed by atoms with van der Waals surface area (Å²) in [6.45, 7) is -1.50. The van der Waals surface area contributed by atoms with Crippen molar-refractivity contribution in [2.24, 2.45) is 0 Å². The van der Waals surface area contributed by atoms with Gasteiger partial charge in [0.25, 0.3) is 5.91 Å². The number of aromatic nitrogens is 1. The lowest BCUT2D eigenvalue weighted by molar-refractivity contribution is -0.141. The maximum Gasteiger partial charge on any atom is 0.406 e. The second kappa shape index (κ2) is 10.2. The van der Waals surface area contributed by atoms with E-state index in [-0.39, 0.29) is 24.5 Å². The largest absolute Gasteiger partial charge is 0.493 e. The fraction of sp³-hybridized carbons (Fsp3) is 0.227. The Bertz CT molecular complexity index is 1090. The van der Waals surface area contributed by atoms with Crippen LogP contribution in [0.15, 0.2) is 53.4 Å². The summed E-state index contributed by atoms with van der Waals surface area (Å²) in [4.78, 5) is 17.8. The molecule has 10 heteroatoms. The van der Waals surface area contributed by atoms with Crippen molar-refractivity contribution in [3.8, 4) is 17.6 Å². The zero-order valence-corrected chi connectivity index (χ0v) is 17.7. The van der Waals surface area contributed by atoms with Crippen LogP contribution >= 0.6 is 11.3 Å². The average Bonchev–Trinajstić information content (AvgIpc) is 3.30. The molecule has 1 heterocycles. The number of ether oxygens (including phenoxy) is 2. The Morgan fingerprint density at radius 3 is 2.53 bits per heavy atom. The van der Waals surface area contributed by atoms with E-state index in [9.17, 15) is 18.0 Å². The number of thiazole rings is 1. The molecule has 0 N–H and O–H groups in total. The molecule has 6 nitrogen and oxygen atoms in total. The Labute approximate surface area is 186 Å². The standard InChI is InChI=1S/C22H18F3N3O3S/c1-30-20-8-17(6-7-19(20)31-11-18-12-32-14-27-18)21(29)28(13-22(23,24)25)10-16-4-2-15(9-26)3-5-16/h2-8,12,14H,10-11,13H2,1H3. The number of nitriles is 1. The highest BCUT2D eigenvalue weighted by molar-refractivity contribution is 7.07. The summed E-state index contributed by atoms with van der Waals surface area (Å²) in [6, 6.07) is 12.2. The van der Waals surface area contributed by atoms with Gasteiger partial charge in [0.1, 0.15) is 13.2 Å². The molecule has 2 aromatic carbocycles. The van der Waals surface area contributed by atoms with Gasteiger partial charge in [-0.25, -0.2) is 4.98 Å². The lowest BCUT2D eigenvalue weighted by Crippen LogP contribution is -2.38. The summed E-state index contributed by atoms with van der Waals surface area (Å²) in [5, 5.41) is 10.7. The van der Waals surface area contributed by atoms with Crippen molar-refractivity contribution in [2.75, 3.05) is 13.7 Å². The molecule has 0 bridgehead atoms. The fourth-order valence-corrected chi connectivity index (χ4v) is 3.43. The first kappa shape index (κ1) is 23.1. The van der Waals surface area contributed by atoms with E-state index in [1.54, 1.807) is 5.51 Å². The van der Waals surface area contributed by atoms with E-state index in [1.807, 2.05) is 11.4 Å². The molecule has 3 rings (SSSR count). The van der Waals surface area contributed by atoms with Crippen LogP contribution in [-0.2, 0) is 13.2 Å². The minimum atomic E-state index is -4.58. The fourth-order valence-electron chi connectivity index (χ4n) is 2.88. The number of alkyl halides is 3. The maximum absolute atomic E-state index is 13.2. The van der Waals surface area contributed by atoms with Crippen molar-refractivity contribution >= 4 is 17.2 Å². The number of methoxy groups -OCH3 is 1. The van der Waals surface area contributed by atoms with Gasteiger partial charge in [0.2, 0.25) is 0 Å². The molecule has 0 saturated carbocycles. The highest BCUT2D eigenvalue weighted by Gasteiger charge is 2.33. The smallest absolute Gasteiger partial charge is 0.406 e.